The normalized spacial score (nSPS) is 16.8. The van der Waals surface area contributed by atoms with E-state index in [1.54, 1.807) is 42.2 Å². The number of likely N-dealkylation sites (tertiary alicyclic amines) is 2. The summed E-state index contributed by atoms with van der Waals surface area (Å²) in [6.07, 6.45) is 6.34. The number of aryl methyl sites for hydroxylation is 1. The van der Waals surface area contributed by atoms with Crippen LogP contribution in [0.4, 0.5) is 0 Å². The zero-order valence-corrected chi connectivity index (χ0v) is 26.1. The topological polar surface area (TPSA) is 121 Å². The summed E-state index contributed by atoms with van der Waals surface area (Å²) in [5, 5.41) is 8.97. The molecule has 0 unspecified atom stereocenters. The molecule has 1 amide bonds. The van der Waals surface area contributed by atoms with E-state index in [1.807, 2.05) is 24.3 Å². The summed E-state index contributed by atoms with van der Waals surface area (Å²) in [6, 6.07) is 18.2. The van der Waals surface area contributed by atoms with Crippen LogP contribution in [0.3, 0.4) is 0 Å². The number of sulfone groups is 1. The van der Waals surface area contributed by atoms with Crippen molar-refractivity contribution in [2.75, 3.05) is 32.4 Å². The number of rotatable bonds is 9. The standard InChI is InChI=1S/C34H38N4O5S/c1-24-19-30(8-10-33(24)44(2,41)42)43-29-13-17-38(18-14-29)34(40)31-9-7-28(22-36-31)32(39)20-25-11-15-37(16-12-25)23-27-5-3-26(21-35)4-6-27/h3-10,19,22,25,29H,11-18,20,23H2,1-2H3. The van der Waals surface area contributed by atoms with Gasteiger partial charge < -0.3 is 9.64 Å². The first-order valence-corrected chi connectivity index (χ1v) is 17.0. The smallest absolute Gasteiger partial charge is 0.272 e. The number of piperidine rings is 2. The van der Waals surface area contributed by atoms with Gasteiger partial charge in [-0.25, -0.2) is 8.42 Å². The van der Waals surface area contributed by atoms with E-state index in [-0.39, 0.29) is 17.8 Å². The maximum atomic E-state index is 13.1. The van der Waals surface area contributed by atoms with Crippen molar-refractivity contribution in [2.24, 2.45) is 5.92 Å². The van der Waals surface area contributed by atoms with Crippen LogP contribution in [0.2, 0.25) is 0 Å². The summed E-state index contributed by atoms with van der Waals surface area (Å²) < 4.78 is 29.8. The average Bonchev–Trinajstić information content (AvgIpc) is 3.02. The number of benzene rings is 2. The molecule has 2 aromatic carbocycles. The lowest BCUT2D eigenvalue weighted by Gasteiger charge is -2.32. The molecule has 10 heteroatoms. The molecule has 0 aliphatic carbocycles. The molecule has 0 atom stereocenters. The quantitative estimate of drug-likeness (QED) is 0.314. The van der Waals surface area contributed by atoms with Gasteiger partial charge in [0.25, 0.3) is 5.91 Å². The Morgan fingerprint density at radius 2 is 1.68 bits per heavy atom. The molecule has 0 saturated carbocycles. The Hall–Kier alpha value is -4.07. The molecule has 230 valence electrons. The number of ether oxygens (including phenoxy) is 1. The number of pyridine rings is 1. The summed E-state index contributed by atoms with van der Waals surface area (Å²) in [5.74, 6) is 0.839. The van der Waals surface area contributed by atoms with E-state index >= 15 is 0 Å². The number of ketones is 1. The Bertz CT molecular complexity index is 1630. The fraction of sp³-hybridized carbons (Fsp3) is 0.412. The number of Topliss-reactive ketones (excluding diaryl/α,β-unsaturated/α-hetero) is 1. The molecule has 2 fully saturated rings. The first-order valence-electron chi connectivity index (χ1n) is 15.1. The molecular formula is C34H38N4O5S. The maximum absolute atomic E-state index is 13.1. The minimum Gasteiger partial charge on any atom is -0.490 e. The largest absolute Gasteiger partial charge is 0.490 e. The first kappa shape index (κ1) is 31.4. The van der Waals surface area contributed by atoms with Crippen LogP contribution < -0.4 is 4.74 Å². The molecule has 9 nitrogen and oxygen atoms in total. The second-order valence-electron chi connectivity index (χ2n) is 11.9. The lowest BCUT2D eigenvalue weighted by atomic mass is 9.90. The lowest BCUT2D eigenvalue weighted by molar-refractivity contribution is 0.0589. The van der Waals surface area contributed by atoms with E-state index in [0.717, 1.165) is 32.5 Å². The van der Waals surface area contributed by atoms with Gasteiger partial charge in [-0.3, -0.25) is 19.5 Å². The van der Waals surface area contributed by atoms with E-state index in [1.165, 1.54) is 18.0 Å². The highest BCUT2D eigenvalue weighted by Crippen LogP contribution is 2.26. The van der Waals surface area contributed by atoms with E-state index in [9.17, 15) is 18.0 Å². The Morgan fingerprint density at radius 1 is 0.977 bits per heavy atom. The van der Waals surface area contributed by atoms with Crippen molar-refractivity contribution in [3.63, 3.8) is 0 Å². The summed E-state index contributed by atoms with van der Waals surface area (Å²) in [6.45, 7) is 5.51. The van der Waals surface area contributed by atoms with E-state index in [2.05, 4.69) is 16.0 Å². The minimum absolute atomic E-state index is 0.0554. The highest BCUT2D eigenvalue weighted by Gasteiger charge is 2.27. The second-order valence-corrected chi connectivity index (χ2v) is 13.9. The Labute approximate surface area is 259 Å². The van der Waals surface area contributed by atoms with Crippen LogP contribution in [0.25, 0.3) is 0 Å². The van der Waals surface area contributed by atoms with Gasteiger partial charge in [0.1, 0.15) is 17.5 Å². The van der Waals surface area contributed by atoms with Gasteiger partial charge in [-0.2, -0.15) is 5.26 Å². The van der Waals surface area contributed by atoms with Crippen molar-refractivity contribution in [1.29, 1.82) is 5.26 Å². The van der Waals surface area contributed by atoms with Crippen LogP contribution in [0.1, 0.15) is 69.6 Å². The lowest BCUT2D eigenvalue weighted by Crippen LogP contribution is -2.42. The Kier molecular flexibility index (Phi) is 9.77. The predicted octanol–water partition coefficient (Wildman–Crippen LogP) is 4.83. The van der Waals surface area contributed by atoms with Gasteiger partial charge >= 0.3 is 0 Å². The zero-order chi connectivity index (χ0) is 31.3. The molecule has 0 bridgehead atoms. The average molecular weight is 615 g/mol. The van der Waals surface area contributed by atoms with Crippen molar-refractivity contribution in [2.45, 2.75) is 56.6 Å². The molecule has 3 aromatic rings. The molecule has 2 saturated heterocycles. The number of carbonyl (C=O) groups is 2. The Balaban J connectivity index is 1.06. The van der Waals surface area contributed by atoms with Gasteiger partial charge in [-0.1, -0.05) is 12.1 Å². The van der Waals surface area contributed by atoms with Crippen LogP contribution in [0.5, 0.6) is 5.75 Å². The molecule has 3 heterocycles. The highest BCUT2D eigenvalue weighted by molar-refractivity contribution is 7.90. The molecule has 0 spiro atoms. The number of nitriles is 1. The highest BCUT2D eigenvalue weighted by atomic mass is 32.2. The maximum Gasteiger partial charge on any atom is 0.272 e. The molecule has 5 rings (SSSR count). The fourth-order valence-electron chi connectivity index (χ4n) is 6.00. The van der Waals surface area contributed by atoms with E-state index in [4.69, 9.17) is 10.00 Å². The number of hydrogen-bond donors (Lipinski definition) is 0. The van der Waals surface area contributed by atoms with Gasteiger partial charge in [0, 0.05) is 56.9 Å². The van der Waals surface area contributed by atoms with E-state index in [0.29, 0.717) is 71.3 Å². The number of carbonyl (C=O) groups excluding carboxylic acids is 2. The van der Waals surface area contributed by atoms with Crippen molar-refractivity contribution in [3.8, 4) is 11.8 Å². The third kappa shape index (κ3) is 7.90. The molecule has 1 aromatic heterocycles. The third-order valence-corrected chi connectivity index (χ3v) is 9.81. The number of aromatic nitrogens is 1. The molecule has 0 N–H and O–H groups in total. The van der Waals surface area contributed by atoms with Gasteiger partial charge in [0.05, 0.1) is 16.5 Å². The summed E-state index contributed by atoms with van der Waals surface area (Å²) >= 11 is 0. The number of hydrogen-bond acceptors (Lipinski definition) is 8. The van der Waals surface area contributed by atoms with Crippen molar-refractivity contribution in [3.05, 3.63) is 88.7 Å². The monoisotopic (exact) mass is 614 g/mol. The first-order chi connectivity index (χ1) is 21.1. The molecule has 0 radical (unpaired) electrons. The molecule has 2 aliphatic rings. The SMILES string of the molecule is Cc1cc(OC2CCN(C(=O)c3ccc(C(=O)CC4CCN(Cc5ccc(C#N)cc5)CC4)cn3)CC2)ccc1S(C)(=O)=O. The molecular weight excluding hydrogens is 576 g/mol. The van der Waals surface area contributed by atoms with Gasteiger partial charge in [-0.05, 0) is 92.4 Å². The van der Waals surface area contributed by atoms with Gasteiger partial charge in [-0.15, -0.1) is 0 Å². The predicted molar refractivity (Wildman–Crippen MR) is 166 cm³/mol. The summed E-state index contributed by atoms with van der Waals surface area (Å²) in [7, 11) is -3.29. The van der Waals surface area contributed by atoms with Crippen molar-refractivity contribution < 1.29 is 22.7 Å². The van der Waals surface area contributed by atoms with Crippen molar-refractivity contribution >= 4 is 21.5 Å². The van der Waals surface area contributed by atoms with E-state index < -0.39 is 9.84 Å². The van der Waals surface area contributed by atoms with Crippen LogP contribution in [-0.2, 0) is 16.4 Å². The molecule has 44 heavy (non-hydrogen) atoms. The van der Waals surface area contributed by atoms with Crippen LogP contribution in [-0.4, -0.2) is 73.4 Å². The third-order valence-electron chi connectivity index (χ3n) is 8.55. The van der Waals surface area contributed by atoms with Crippen LogP contribution in [0.15, 0.2) is 65.7 Å². The summed E-state index contributed by atoms with van der Waals surface area (Å²) in [4.78, 5) is 34.9. The number of nitrogens with zero attached hydrogens (tertiary/aromatic N) is 4. The van der Waals surface area contributed by atoms with Gasteiger partial charge in [0.15, 0.2) is 15.6 Å². The summed E-state index contributed by atoms with van der Waals surface area (Å²) in [5.41, 5.74) is 3.35. The second kappa shape index (κ2) is 13.7. The fourth-order valence-corrected chi connectivity index (χ4v) is 6.96. The van der Waals surface area contributed by atoms with Gasteiger partial charge in [0.2, 0.25) is 0 Å². The van der Waals surface area contributed by atoms with Crippen molar-refractivity contribution in [1.82, 2.24) is 14.8 Å². The van der Waals surface area contributed by atoms with Crippen LogP contribution in [0, 0.1) is 24.2 Å². The zero-order valence-electron chi connectivity index (χ0n) is 25.2. The Morgan fingerprint density at radius 3 is 2.27 bits per heavy atom. The minimum atomic E-state index is -3.29. The van der Waals surface area contributed by atoms with Crippen LogP contribution >= 0.6 is 0 Å². The molecule has 2 aliphatic heterocycles. The number of amides is 1.